The van der Waals surface area contributed by atoms with Gasteiger partial charge in [-0.2, -0.15) is 0 Å². The number of piperidine rings is 1. The van der Waals surface area contributed by atoms with Gasteiger partial charge in [0.2, 0.25) is 0 Å². The van der Waals surface area contributed by atoms with Crippen molar-refractivity contribution in [3.05, 3.63) is 17.8 Å². The smallest absolute Gasteiger partial charge is 0.272 e. The van der Waals surface area contributed by atoms with Gasteiger partial charge in [-0.3, -0.25) is 4.79 Å². The lowest BCUT2D eigenvalue weighted by molar-refractivity contribution is 0.0919. The van der Waals surface area contributed by atoms with Crippen LogP contribution in [0.25, 0.3) is 0 Å². The number of nitrogens with two attached hydrogens (primary N) is 1. The van der Waals surface area contributed by atoms with Crippen LogP contribution in [0.4, 0.5) is 5.82 Å². The molecule has 0 radical (unpaired) electrons. The summed E-state index contributed by atoms with van der Waals surface area (Å²) in [6.07, 6.45) is 3.83. The van der Waals surface area contributed by atoms with Crippen molar-refractivity contribution in [1.82, 2.24) is 20.4 Å². The largest absolute Gasteiger partial charge is 0.382 e. The highest BCUT2D eigenvalue weighted by molar-refractivity contribution is 5.92. The summed E-state index contributed by atoms with van der Waals surface area (Å²) in [5.41, 5.74) is 5.75. The van der Waals surface area contributed by atoms with E-state index in [2.05, 4.69) is 20.4 Å². The summed E-state index contributed by atoms with van der Waals surface area (Å²) in [5, 5.41) is 10.4. The first-order chi connectivity index (χ1) is 9.15. The SMILES string of the molecule is CC(CN1CCCCC1)NC(=O)c1ccc(N)nn1. The number of amides is 1. The minimum absolute atomic E-state index is 0.102. The number of nitrogens with zero attached hydrogens (tertiary/aromatic N) is 3. The minimum atomic E-state index is -0.197. The van der Waals surface area contributed by atoms with Crippen LogP contribution in [0.3, 0.4) is 0 Å². The predicted octanol–water partition coefficient (Wildman–Crippen LogP) is 0.663. The highest BCUT2D eigenvalue weighted by Gasteiger charge is 2.16. The molecule has 1 atom stereocenters. The lowest BCUT2D eigenvalue weighted by Crippen LogP contribution is -2.43. The summed E-state index contributed by atoms with van der Waals surface area (Å²) < 4.78 is 0. The maximum atomic E-state index is 11.9. The van der Waals surface area contributed by atoms with Gasteiger partial charge in [0, 0.05) is 12.6 Å². The third-order valence-corrected chi connectivity index (χ3v) is 3.28. The maximum absolute atomic E-state index is 11.9. The molecule has 1 saturated heterocycles. The van der Waals surface area contributed by atoms with Crippen LogP contribution in [-0.4, -0.2) is 46.7 Å². The van der Waals surface area contributed by atoms with E-state index in [0.29, 0.717) is 11.5 Å². The van der Waals surface area contributed by atoms with Crippen molar-refractivity contribution >= 4 is 11.7 Å². The fourth-order valence-electron chi connectivity index (χ4n) is 2.34. The van der Waals surface area contributed by atoms with E-state index in [9.17, 15) is 4.79 Å². The van der Waals surface area contributed by atoms with Crippen LogP contribution < -0.4 is 11.1 Å². The van der Waals surface area contributed by atoms with Crippen LogP contribution in [0.15, 0.2) is 12.1 Å². The molecule has 1 aromatic rings. The summed E-state index contributed by atoms with van der Waals surface area (Å²) in [5.74, 6) is 0.120. The number of carbonyl (C=O) groups excluding carboxylic acids is 1. The van der Waals surface area contributed by atoms with E-state index < -0.39 is 0 Å². The summed E-state index contributed by atoms with van der Waals surface area (Å²) >= 11 is 0. The van der Waals surface area contributed by atoms with E-state index >= 15 is 0 Å². The monoisotopic (exact) mass is 263 g/mol. The van der Waals surface area contributed by atoms with Crippen LogP contribution >= 0.6 is 0 Å². The van der Waals surface area contributed by atoms with Crippen molar-refractivity contribution in [1.29, 1.82) is 0 Å². The molecule has 1 unspecified atom stereocenters. The molecule has 2 heterocycles. The Morgan fingerprint density at radius 1 is 1.37 bits per heavy atom. The topological polar surface area (TPSA) is 84.1 Å². The van der Waals surface area contributed by atoms with Crippen molar-refractivity contribution in [2.24, 2.45) is 0 Å². The van der Waals surface area contributed by atoms with Gasteiger partial charge < -0.3 is 16.0 Å². The Hall–Kier alpha value is -1.69. The fraction of sp³-hybridized carbons (Fsp3) is 0.615. The molecule has 6 nitrogen and oxygen atoms in total. The Balaban J connectivity index is 1.82. The molecular weight excluding hydrogens is 242 g/mol. The maximum Gasteiger partial charge on any atom is 0.272 e. The zero-order valence-corrected chi connectivity index (χ0v) is 11.3. The van der Waals surface area contributed by atoms with Crippen LogP contribution in [0.2, 0.25) is 0 Å². The van der Waals surface area contributed by atoms with Gasteiger partial charge >= 0.3 is 0 Å². The number of carbonyl (C=O) groups is 1. The van der Waals surface area contributed by atoms with E-state index in [4.69, 9.17) is 5.73 Å². The first-order valence-electron chi connectivity index (χ1n) is 6.77. The van der Waals surface area contributed by atoms with Crippen LogP contribution in [0.1, 0.15) is 36.7 Å². The molecular formula is C13H21N5O. The molecule has 1 aromatic heterocycles. The van der Waals surface area contributed by atoms with Crippen LogP contribution in [-0.2, 0) is 0 Å². The normalized spacial score (nSPS) is 17.9. The predicted molar refractivity (Wildman–Crippen MR) is 73.7 cm³/mol. The molecule has 0 aliphatic carbocycles. The number of nitrogen functional groups attached to an aromatic ring is 1. The first kappa shape index (κ1) is 13.7. The second-order valence-electron chi connectivity index (χ2n) is 5.08. The Morgan fingerprint density at radius 3 is 2.74 bits per heavy atom. The molecule has 0 saturated carbocycles. The second-order valence-corrected chi connectivity index (χ2v) is 5.08. The Morgan fingerprint density at radius 2 is 2.11 bits per heavy atom. The number of aromatic nitrogens is 2. The zero-order chi connectivity index (χ0) is 13.7. The van der Waals surface area contributed by atoms with Crippen molar-refractivity contribution in [2.45, 2.75) is 32.2 Å². The van der Waals surface area contributed by atoms with Gasteiger partial charge in [0.25, 0.3) is 5.91 Å². The highest BCUT2D eigenvalue weighted by Crippen LogP contribution is 2.09. The summed E-state index contributed by atoms with van der Waals surface area (Å²) in [7, 11) is 0. The van der Waals surface area contributed by atoms with Gasteiger partial charge in [0.05, 0.1) is 0 Å². The number of likely N-dealkylation sites (tertiary alicyclic amines) is 1. The molecule has 1 aliphatic rings. The molecule has 1 fully saturated rings. The standard InChI is InChI=1S/C13H21N5O/c1-10(9-18-7-3-2-4-8-18)15-13(19)11-5-6-12(14)17-16-11/h5-6,10H,2-4,7-9H2,1H3,(H2,14,17)(H,15,19). The number of anilines is 1. The van der Waals surface area contributed by atoms with Crippen LogP contribution in [0, 0.1) is 0 Å². The Labute approximate surface area is 113 Å². The fourth-order valence-corrected chi connectivity index (χ4v) is 2.34. The van der Waals surface area contributed by atoms with E-state index in [1.165, 1.54) is 19.3 Å². The number of hydrogen-bond acceptors (Lipinski definition) is 5. The van der Waals surface area contributed by atoms with E-state index in [0.717, 1.165) is 19.6 Å². The van der Waals surface area contributed by atoms with Gasteiger partial charge in [-0.25, -0.2) is 0 Å². The minimum Gasteiger partial charge on any atom is -0.382 e. The molecule has 1 amide bonds. The van der Waals surface area contributed by atoms with Crippen molar-refractivity contribution < 1.29 is 4.79 Å². The zero-order valence-electron chi connectivity index (χ0n) is 11.3. The van der Waals surface area contributed by atoms with Crippen LogP contribution in [0.5, 0.6) is 0 Å². The van der Waals surface area contributed by atoms with E-state index in [-0.39, 0.29) is 11.9 Å². The first-order valence-corrected chi connectivity index (χ1v) is 6.77. The Bertz CT molecular complexity index is 414. The van der Waals surface area contributed by atoms with Gasteiger partial charge in [0.1, 0.15) is 5.82 Å². The third kappa shape index (κ3) is 4.17. The van der Waals surface area contributed by atoms with E-state index in [1.807, 2.05) is 6.92 Å². The number of nitrogens with one attached hydrogen (secondary N) is 1. The number of rotatable bonds is 4. The van der Waals surface area contributed by atoms with Gasteiger partial charge in [0.15, 0.2) is 5.69 Å². The lowest BCUT2D eigenvalue weighted by atomic mass is 10.1. The van der Waals surface area contributed by atoms with Gasteiger partial charge in [-0.15, -0.1) is 10.2 Å². The molecule has 1 aliphatic heterocycles. The van der Waals surface area contributed by atoms with Crippen molar-refractivity contribution in [3.63, 3.8) is 0 Å². The molecule has 0 spiro atoms. The van der Waals surface area contributed by atoms with Crippen molar-refractivity contribution in [2.75, 3.05) is 25.4 Å². The number of hydrogen-bond donors (Lipinski definition) is 2. The third-order valence-electron chi connectivity index (χ3n) is 3.28. The van der Waals surface area contributed by atoms with Gasteiger partial charge in [-0.1, -0.05) is 6.42 Å². The van der Waals surface area contributed by atoms with Crippen molar-refractivity contribution in [3.8, 4) is 0 Å². The molecule has 2 rings (SSSR count). The van der Waals surface area contributed by atoms with E-state index in [1.54, 1.807) is 12.1 Å². The summed E-state index contributed by atoms with van der Waals surface area (Å²) in [6.45, 7) is 5.15. The summed E-state index contributed by atoms with van der Waals surface area (Å²) in [6, 6.07) is 3.27. The average Bonchev–Trinajstić information content (AvgIpc) is 2.40. The second kappa shape index (κ2) is 6.47. The highest BCUT2D eigenvalue weighted by atomic mass is 16.2. The average molecular weight is 263 g/mol. The van der Waals surface area contributed by atoms with Gasteiger partial charge in [-0.05, 0) is 45.0 Å². The molecule has 0 aromatic carbocycles. The molecule has 104 valence electrons. The quantitative estimate of drug-likeness (QED) is 0.834. The molecule has 6 heteroatoms. The summed E-state index contributed by atoms with van der Waals surface area (Å²) in [4.78, 5) is 14.3. The molecule has 0 bridgehead atoms. The lowest BCUT2D eigenvalue weighted by Gasteiger charge is -2.29. The Kier molecular flexibility index (Phi) is 4.68. The molecule has 19 heavy (non-hydrogen) atoms. The molecule has 3 N–H and O–H groups in total.